The van der Waals surface area contributed by atoms with Crippen LogP contribution < -0.4 is 5.32 Å². The molecule has 0 aliphatic carbocycles. The Hall–Kier alpha value is -1.07. The first kappa shape index (κ1) is 23.2. The van der Waals surface area contributed by atoms with Gasteiger partial charge in [-0.15, -0.1) is 24.0 Å². The summed E-state index contributed by atoms with van der Waals surface area (Å²) in [5.74, 6) is 0.785. The molecule has 5 nitrogen and oxygen atoms in total. The van der Waals surface area contributed by atoms with E-state index in [0.29, 0.717) is 19.6 Å². The fourth-order valence-electron chi connectivity index (χ4n) is 3.50. The number of ether oxygens (including phenoxy) is 2. The molecule has 2 heterocycles. The van der Waals surface area contributed by atoms with E-state index in [4.69, 9.17) is 9.47 Å². The number of guanidine groups is 1. The SMILES string of the molecule is CN=C(NCCc1ccc(C(F)(F)F)cc1)N1CCOC(C2CCCO2)C1.I. The number of nitrogens with one attached hydrogen (secondary N) is 1. The number of benzene rings is 1. The summed E-state index contributed by atoms with van der Waals surface area (Å²) >= 11 is 0. The van der Waals surface area contributed by atoms with Crippen molar-refractivity contribution in [1.29, 1.82) is 0 Å². The third kappa shape index (κ3) is 6.21. The molecule has 158 valence electrons. The van der Waals surface area contributed by atoms with Crippen molar-refractivity contribution in [3.8, 4) is 0 Å². The molecular formula is C19H27F3IN3O2. The Morgan fingerprint density at radius 1 is 1.18 bits per heavy atom. The first-order valence-electron chi connectivity index (χ1n) is 9.32. The predicted molar refractivity (Wildman–Crippen MR) is 112 cm³/mol. The standard InChI is InChI=1S/C19H26F3N3O2.HI/c1-23-18(25-10-12-27-17(13-25)16-3-2-11-26-16)24-9-8-14-4-6-15(7-5-14)19(20,21)22;/h4-7,16-17H,2-3,8-13H2,1H3,(H,23,24);1H. The van der Waals surface area contributed by atoms with Crippen LogP contribution in [0.5, 0.6) is 0 Å². The van der Waals surface area contributed by atoms with Gasteiger partial charge in [0.15, 0.2) is 5.96 Å². The highest BCUT2D eigenvalue weighted by Crippen LogP contribution is 2.29. The number of aliphatic imine (C=N–C) groups is 1. The van der Waals surface area contributed by atoms with Gasteiger partial charge in [0.1, 0.15) is 6.10 Å². The third-order valence-electron chi connectivity index (χ3n) is 4.96. The van der Waals surface area contributed by atoms with Gasteiger partial charge in [-0.25, -0.2) is 0 Å². The summed E-state index contributed by atoms with van der Waals surface area (Å²) in [6.07, 6.45) is -1.37. The number of nitrogens with zero attached hydrogens (tertiary/aromatic N) is 2. The molecule has 2 saturated heterocycles. The molecule has 2 aliphatic heterocycles. The Kier molecular flexibility index (Phi) is 8.81. The molecule has 0 aromatic heterocycles. The van der Waals surface area contributed by atoms with Gasteiger partial charge < -0.3 is 19.7 Å². The quantitative estimate of drug-likeness (QED) is 0.382. The zero-order valence-corrected chi connectivity index (χ0v) is 18.2. The van der Waals surface area contributed by atoms with Crippen LogP contribution in [0.15, 0.2) is 29.3 Å². The lowest BCUT2D eigenvalue weighted by Crippen LogP contribution is -2.53. The maximum absolute atomic E-state index is 12.6. The van der Waals surface area contributed by atoms with Gasteiger partial charge in [0, 0.05) is 33.3 Å². The van der Waals surface area contributed by atoms with Crippen LogP contribution in [0.4, 0.5) is 13.2 Å². The lowest BCUT2D eigenvalue weighted by Gasteiger charge is -2.37. The topological polar surface area (TPSA) is 46.1 Å². The van der Waals surface area contributed by atoms with Gasteiger partial charge in [-0.1, -0.05) is 12.1 Å². The van der Waals surface area contributed by atoms with Gasteiger partial charge in [-0.2, -0.15) is 13.2 Å². The number of rotatable bonds is 4. The Morgan fingerprint density at radius 3 is 2.50 bits per heavy atom. The Labute approximate surface area is 180 Å². The van der Waals surface area contributed by atoms with Gasteiger partial charge in [0.2, 0.25) is 0 Å². The average Bonchev–Trinajstić information content (AvgIpc) is 3.20. The van der Waals surface area contributed by atoms with E-state index >= 15 is 0 Å². The van der Waals surface area contributed by atoms with Crippen molar-refractivity contribution in [3.63, 3.8) is 0 Å². The van der Waals surface area contributed by atoms with E-state index < -0.39 is 11.7 Å². The summed E-state index contributed by atoms with van der Waals surface area (Å²) in [5.41, 5.74) is 0.230. The molecule has 2 atom stereocenters. The molecule has 0 saturated carbocycles. The number of hydrogen-bond donors (Lipinski definition) is 1. The van der Waals surface area contributed by atoms with Crippen LogP contribution >= 0.6 is 24.0 Å². The van der Waals surface area contributed by atoms with E-state index in [1.807, 2.05) is 0 Å². The summed E-state index contributed by atoms with van der Waals surface area (Å²) in [6.45, 7) is 3.50. The Morgan fingerprint density at radius 2 is 1.89 bits per heavy atom. The van der Waals surface area contributed by atoms with E-state index in [1.165, 1.54) is 12.1 Å². The maximum atomic E-state index is 12.6. The number of morpholine rings is 1. The first-order valence-corrected chi connectivity index (χ1v) is 9.32. The molecule has 0 spiro atoms. The van der Waals surface area contributed by atoms with Crippen LogP contribution in [0.3, 0.4) is 0 Å². The third-order valence-corrected chi connectivity index (χ3v) is 4.96. The van der Waals surface area contributed by atoms with Crippen LogP contribution in [-0.2, 0) is 22.1 Å². The lowest BCUT2D eigenvalue weighted by molar-refractivity contribution is -0.137. The molecule has 2 unspecified atom stereocenters. The summed E-state index contributed by atoms with van der Waals surface area (Å²) < 4.78 is 49.5. The minimum atomic E-state index is -4.30. The van der Waals surface area contributed by atoms with Gasteiger partial charge in [-0.05, 0) is 37.0 Å². The van der Waals surface area contributed by atoms with Crippen LogP contribution in [0.1, 0.15) is 24.0 Å². The van der Waals surface area contributed by atoms with E-state index in [0.717, 1.165) is 56.2 Å². The summed E-state index contributed by atoms with van der Waals surface area (Å²) in [6, 6.07) is 5.29. The molecule has 2 aliphatic rings. The highest BCUT2D eigenvalue weighted by atomic mass is 127. The second-order valence-electron chi connectivity index (χ2n) is 6.83. The molecule has 0 radical (unpaired) electrons. The van der Waals surface area contributed by atoms with Gasteiger partial charge in [-0.3, -0.25) is 4.99 Å². The second kappa shape index (κ2) is 10.6. The van der Waals surface area contributed by atoms with E-state index in [2.05, 4.69) is 15.2 Å². The van der Waals surface area contributed by atoms with Gasteiger partial charge >= 0.3 is 6.18 Å². The van der Waals surface area contributed by atoms with E-state index in [9.17, 15) is 13.2 Å². The Bertz CT molecular complexity index is 634. The first-order chi connectivity index (χ1) is 13.0. The number of hydrogen-bond acceptors (Lipinski definition) is 3. The fraction of sp³-hybridized carbons (Fsp3) is 0.632. The van der Waals surface area contributed by atoms with Gasteiger partial charge in [0.05, 0.1) is 18.3 Å². The lowest BCUT2D eigenvalue weighted by atomic mass is 10.1. The average molecular weight is 513 g/mol. The highest BCUT2D eigenvalue weighted by Gasteiger charge is 2.32. The zero-order chi connectivity index (χ0) is 19.3. The van der Waals surface area contributed by atoms with Crippen LogP contribution in [0.2, 0.25) is 0 Å². The molecular weight excluding hydrogens is 486 g/mol. The fourth-order valence-corrected chi connectivity index (χ4v) is 3.50. The maximum Gasteiger partial charge on any atom is 0.416 e. The molecule has 2 fully saturated rings. The summed E-state index contributed by atoms with van der Waals surface area (Å²) in [7, 11) is 1.73. The second-order valence-corrected chi connectivity index (χ2v) is 6.83. The molecule has 3 rings (SSSR count). The largest absolute Gasteiger partial charge is 0.416 e. The molecule has 1 aromatic carbocycles. The molecule has 0 amide bonds. The van der Waals surface area contributed by atoms with Crippen molar-refractivity contribution in [2.24, 2.45) is 4.99 Å². The van der Waals surface area contributed by atoms with Crippen molar-refractivity contribution in [1.82, 2.24) is 10.2 Å². The monoisotopic (exact) mass is 513 g/mol. The minimum Gasteiger partial charge on any atom is -0.375 e. The molecule has 28 heavy (non-hydrogen) atoms. The minimum absolute atomic E-state index is 0. The van der Waals surface area contributed by atoms with Crippen molar-refractivity contribution >= 4 is 29.9 Å². The van der Waals surface area contributed by atoms with E-state index in [1.54, 1.807) is 7.05 Å². The molecule has 0 bridgehead atoms. The van der Waals surface area contributed by atoms with Crippen molar-refractivity contribution < 1.29 is 22.6 Å². The summed E-state index contributed by atoms with van der Waals surface area (Å²) in [5, 5.41) is 3.30. The zero-order valence-electron chi connectivity index (χ0n) is 15.9. The van der Waals surface area contributed by atoms with Gasteiger partial charge in [0.25, 0.3) is 0 Å². The molecule has 9 heteroatoms. The smallest absolute Gasteiger partial charge is 0.375 e. The van der Waals surface area contributed by atoms with Crippen molar-refractivity contribution in [2.45, 2.75) is 37.6 Å². The predicted octanol–water partition coefficient (Wildman–Crippen LogP) is 3.32. The van der Waals surface area contributed by atoms with Crippen LogP contribution in [0.25, 0.3) is 0 Å². The highest BCUT2D eigenvalue weighted by molar-refractivity contribution is 14.0. The number of alkyl halides is 3. The normalized spacial score (nSPS) is 23.4. The van der Waals surface area contributed by atoms with Crippen LogP contribution in [-0.4, -0.2) is 63.0 Å². The Balaban J connectivity index is 0.00000280. The summed E-state index contributed by atoms with van der Waals surface area (Å²) in [4.78, 5) is 6.49. The van der Waals surface area contributed by atoms with Crippen LogP contribution in [0, 0.1) is 0 Å². The number of halogens is 4. The molecule has 1 N–H and O–H groups in total. The molecule has 1 aromatic rings. The van der Waals surface area contributed by atoms with Crippen molar-refractivity contribution in [2.75, 3.05) is 39.9 Å². The van der Waals surface area contributed by atoms with E-state index in [-0.39, 0.29) is 36.2 Å². The van der Waals surface area contributed by atoms with Crippen molar-refractivity contribution in [3.05, 3.63) is 35.4 Å².